The summed E-state index contributed by atoms with van der Waals surface area (Å²) in [6, 6.07) is 11.0. The van der Waals surface area contributed by atoms with Gasteiger partial charge in [0.1, 0.15) is 0 Å². The van der Waals surface area contributed by atoms with Gasteiger partial charge < -0.3 is 4.90 Å². The Bertz CT molecular complexity index is 767. The van der Waals surface area contributed by atoms with Crippen molar-refractivity contribution in [2.45, 2.75) is 13.3 Å². The number of fused-ring (bicyclic) bond motifs is 1. The molecule has 0 saturated carbocycles. The third-order valence-electron chi connectivity index (χ3n) is 3.84. The molecule has 0 spiro atoms. The van der Waals surface area contributed by atoms with Gasteiger partial charge >= 0.3 is 0 Å². The monoisotopic (exact) mass is 343 g/mol. The molecule has 1 aliphatic rings. The van der Waals surface area contributed by atoms with Crippen LogP contribution in [0.2, 0.25) is 0 Å². The molecule has 2 aromatic rings. The van der Waals surface area contributed by atoms with Crippen LogP contribution in [0.4, 0.5) is 5.69 Å². The molecular weight excluding hydrogens is 330 g/mol. The van der Waals surface area contributed by atoms with Gasteiger partial charge in [-0.25, -0.2) is 0 Å². The zero-order valence-electron chi connectivity index (χ0n) is 11.8. The molecule has 4 heteroatoms. The fraction of sp³-hybridized carbons (Fsp3) is 0.176. The molecule has 0 N–H and O–H groups in total. The van der Waals surface area contributed by atoms with E-state index in [-0.39, 0.29) is 11.7 Å². The van der Waals surface area contributed by atoms with Crippen molar-refractivity contribution in [3.8, 4) is 0 Å². The number of halogens is 1. The van der Waals surface area contributed by atoms with Crippen LogP contribution in [0.25, 0.3) is 0 Å². The number of nitrogens with zero attached hydrogens (tertiary/aromatic N) is 1. The third-order valence-corrected chi connectivity index (χ3v) is 4.73. The van der Waals surface area contributed by atoms with E-state index in [9.17, 15) is 9.59 Å². The van der Waals surface area contributed by atoms with Gasteiger partial charge in [0.2, 0.25) is 5.91 Å². The topological polar surface area (TPSA) is 37.4 Å². The number of carbonyl (C=O) groups is 2. The van der Waals surface area contributed by atoms with E-state index in [2.05, 4.69) is 15.9 Å². The van der Waals surface area contributed by atoms with Crippen LogP contribution in [0.1, 0.15) is 27.0 Å². The van der Waals surface area contributed by atoms with Crippen molar-refractivity contribution in [3.63, 3.8) is 0 Å². The summed E-state index contributed by atoms with van der Waals surface area (Å²) in [7, 11) is 1.76. The quantitative estimate of drug-likeness (QED) is 0.782. The maximum absolute atomic E-state index is 12.6. The van der Waals surface area contributed by atoms with Gasteiger partial charge in [-0.3, -0.25) is 9.59 Å². The van der Waals surface area contributed by atoms with E-state index in [1.807, 2.05) is 37.3 Å². The molecule has 0 fully saturated rings. The van der Waals surface area contributed by atoms with Gasteiger partial charge in [-0.2, -0.15) is 0 Å². The lowest BCUT2D eigenvalue weighted by Gasteiger charge is -2.10. The Morgan fingerprint density at radius 3 is 2.52 bits per heavy atom. The summed E-state index contributed by atoms with van der Waals surface area (Å²) in [5, 5.41) is 0. The second kappa shape index (κ2) is 5.11. The zero-order valence-corrected chi connectivity index (χ0v) is 13.4. The van der Waals surface area contributed by atoms with Gasteiger partial charge in [-0.15, -0.1) is 0 Å². The maximum atomic E-state index is 12.6. The Morgan fingerprint density at radius 1 is 1.14 bits per heavy atom. The molecule has 1 heterocycles. The van der Waals surface area contributed by atoms with Crippen LogP contribution >= 0.6 is 15.9 Å². The molecule has 0 saturated heterocycles. The molecule has 0 radical (unpaired) electrons. The Hall–Kier alpha value is -1.94. The number of benzene rings is 2. The Morgan fingerprint density at radius 2 is 1.81 bits per heavy atom. The van der Waals surface area contributed by atoms with Crippen molar-refractivity contribution in [3.05, 3.63) is 63.1 Å². The van der Waals surface area contributed by atoms with Crippen molar-refractivity contribution < 1.29 is 9.59 Å². The predicted octanol–water partition coefficient (Wildman–Crippen LogP) is 3.51. The van der Waals surface area contributed by atoms with E-state index in [4.69, 9.17) is 0 Å². The van der Waals surface area contributed by atoms with E-state index in [1.165, 1.54) is 0 Å². The lowest BCUT2D eigenvalue weighted by molar-refractivity contribution is -0.117. The number of ketones is 1. The van der Waals surface area contributed by atoms with Crippen LogP contribution in [0.15, 0.2) is 40.9 Å². The molecule has 21 heavy (non-hydrogen) atoms. The summed E-state index contributed by atoms with van der Waals surface area (Å²) >= 11 is 3.43. The Kier molecular flexibility index (Phi) is 3.41. The molecular formula is C17H14BrNO2. The lowest BCUT2D eigenvalue weighted by Crippen LogP contribution is -2.20. The van der Waals surface area contributed by atoms with Crippen molar-refractivity contribution in [2.24, 2.45) is 0 Å². The normalized spacial score (nSPS) is 13.5. The molecule has 0 bridgehead atoms. The smallest absolute Gasteiger partial charge is 0.231 e. The summed E-state index contributed by atoms with van der Waals surface area (Å²) in [4.78, 5) is 25.9. The number of likely N-dealkylation sites (N-methyl/N-ethyl adjacent to an activating group) is 1. The number of rotatable bonds is 2. The van der Waals surface area contributed by atoms with Crippen molar-refractivity contribution in [1.82, 2.24) is 0 Å². The Labute approximate surface area is 131 Å². The highest BCUT2D eigenvalue weighted by atomic mass is 79.9. The fourth-order valence-electron chi connectivity index (χ4n) is 2.56. The number of carbonyl (C=O) groups excluding carboxylic acids is 2. The average molecular weight is 344 g/mol. The third kappa shape index (κ3) is 2.40. The molecule has 1 aliphatic heterocycles. The predicted molar refractivity (Wildman–Crippen MR) is 85.9 cm³/mol. The minimum Gasteiger partial charge on any atom is -0.315 e. The van der Waals surface area contributed by atoms with Gasteiger partial charge in [0.25, 0.3) is 0 Å². The van der Waals surface area contributed by atoms with Crippen LogP contribution < -0.4 is 4.90 Å². The van der Waals surface area contributed by atoms with Crippen LogP contribution in [0.5, 0.6) is 0 Å². The van der Waals surface area contributed by atoms with E-state index in [1.54, 1.807) is 18.0 Å². The molecule has 0 unspecified atom stereocenters. The van der Waals surface area contributed by atoms with Gasteiger partial charge in [0.15, 0.2) is 5.78 Å². The molecule has 106 valence electrons. The standard InChI is InChI=1S/C17H14BrNO2/c1-10-7-11(3-5-14(10)18)17(21)12-4-6-15-13(8-12)9-16(20)19(15)2/h3-8H,9H2,1-2H3. The van der Waals surface area contributed by atoms with E-state index < -0.39 is 0 Å². The molecule has 0 atom stereocenters. The van der Waals surface area contributed by atoms with E-state index in [0.29, 0.717) is 17.5 Å². The van der Waals surface area contributed by atoms with Gasteiger partial charge in [0.05, 0.1) is 6.42 Å². The largest absolute Gasteiger partial charge is 0.315 e. The fourth-order valence-corrected chi connectivity index (χ4v) is 2.81. The summed E-state index contributed by atoms with van der Waals surface area (Å²) < 4.78 is 0.986. The van der Waals surface area contributed by atoms with Gasteiger partial charge in [-0.1, -0.05) is 15.9 Å². The highest BCUT2D eigenvalue weighted by Gasteiger charge is 2.25. The van der Waals surface area contributed by atoms with Gasteiger partial charge in [0, 0.05) is 28.3 Å². The number of hydrogen-bond acceptors (Lipinski definition) is 2. The van der Waals surface area contributed by atoms with Crippen LogP contribution in [-0.2, 0) is 11.2 Å². The van der Waals surface area contributed by atoms with Crippen molar-refractivity contribution in [1.29, 1.82) is 0 Å². The first kappa shape index (κ1) is 14.0. The number of amides is 1. The number of aryl methyl sites for hydroxylation is 1. The van der Waals surface area contributed by atoms with Crippen molar-refractivity contribution >= 4 is 33.3 Å². The van der Waals surface area contributed by atoms with Crippen LogP contribution in [0, 0.1) is 6.92 Å². The van der Waals surface area contributed by atoms with E-state index >= 15 is 0 Å². The zero-order chi connectivity index (χ0) is 15.1. The average Bonchev–Trinajstić information content (AvgIpc) is 2.76. The van der Waals surface area contributed by atoms with E-state index in [0.717, 1.165) is 21.3 Å². The molecule has 3 rings (SSSR count). The summed E-state index contributed by atoms with van der Waals surface area (Å²) in [6.07, 6.45) is 0.367. The van der Waals surface area contributed by atoms with Gasteiger partial charge in [-0.05, 0) is 54.4 Å². The number of anilines is 1. The molecule has 1 amide bonds. The summed E-state index contributed by atoms with van der Waals surface area (Å²) in [5.41, 5.74) is 4.12. The Balaban J connectivity index is 1.98. The lowest BCUT2D eigenvalue weighted by atomic mass is 9.99. The maximum Gasteiger partial charge on any atom is 0.231 e. The molecule has 2 aromatic carbocycles. The summed E-state index contributed by atoms with van der Waals surface area (Å²) in [6.45, 7) is 1.96. The second-order valence-electron chi connectivity index (χ2n) is 5.27. The highest BCUT2D eigenvalue weighted by molar-refractivity contribution is 9.10. The number of hydrogen-bond donors (Lipinski definition) is 0. The molecule has 0 aliphatic carbocycles. The van der Waals surface area contributed by atoms with Crippen LogP contribution in [0.3, 0.4) is 0 Å². The first-order valence-electron chi connectivity index (χ1n) is 6.67. The van der Waals surface area contributed by atoms with Crippen molar-refractivity contribution in [2.75, 3.05) is 11.9 Å². The summed E-state index contributed by atoms with van der Waals surface area (Å²) in [5.74, 6) is 0.0458. The highest BCUT2D eigenvalue weighted by Crippen LogP contribution is 2.29. The SMILES string of the molecule is Cc1cc(C(=O)c2ccc3c(c2)CC(=O)N3C)ccc1Br. The molecule has 0 aromatic heterocycles. The molecule has 3 nitrogen and oxygen atoms in total. The van der Waals surface area contributed by atoms with Crippen LogP contribution in [-0.4, -0.2) is 18.7 Å². The first-order valence-corrected chi connectivity index (χ1v) is 7.47. The minimum absolute atomic E-state index is 0.0181. The first-order chi connectivity index (χ1) is 9.97. The minimum atomic E-state index is -0.0181. The second-order valence-corrected chi connectivity index (χ2v) is 6.12.